The Morgan fingerprint density at radius 2 is 0.897 bits per heavy atom. The second kappa shape index (κ2) is 12.6. The van der Waals surface area contributed by atoms with Gasteiger partial charge in [-0.15, -0.1) is 0 Å². The van der Waals surface area contributed by atoms with E-state index in [-0.39, 0.29) is 31.2 Å². The Balaban J connectivity index is 0.000000176. The Morgan fingerprint density at radius 1 is 0.564 bits per heavy atom. The van der Waals surface area contributed by atoms with Crippen molar-refractivity contribution in [1.29, 1.82) is 0 Å². The topological polar surface area (TPSA) is 71.1 Å². The Hall–Kier alpha value is -2.70. The summed E-state index contributed by atoms with van der Waals surface area (Å²) in [4.78, 5) is 24.9. The van der Waals surface area contributed by atoms with Crippen LogP contribution in [0.2, 0.25) is 0 Å². The lowest BCUT2D eigenvalue weighted by molar-refractivity contribution is -0.150. The first-order valence-corrected chi connectivity index (χ1v) is 14.4. The monoisotopic (exact) mass is 536 g/mol. The van der Waals surface area contributed by atoms with Crippen molar-refractivity contribution in [2.45, 2.75) is 109 Å². The average Bonchev–Trinajstić information content (AvgIpc) is 3.45. The van der Waals surface area contributed by atoms with Crippen LogP contribution in [0.5, 0.6) is 0 Å². The largest absolute Gasteiger partial charge is 0.434 e. The van der Waals surface area contributed by atoms with Gasteiger partial charge in [-0.1, -0.05) is 107 Å². The van der Waals surface area contributed by atoms with Gasteiger partial charge in [-0.25, -0.2) is 9.59 Å². The van der Waals surface area contributed by atoms with Crippen molar-refractivity contribution >= 4 is 11.9 Å². The Morgan fingerprint density at radius 3 is 1.18 bits per heavy atom. The SMILES string of the molecule is C.C[C@@H]1OC(=O)[C@@](c2ccccc2)(C2CCCCC2)O1.C[C@H]1OC(=O)[C@](c2ccccc2)(C2CCCCC2)O1. The second-order valence-corrected chi connectivity index (χ2v) is 11.1. The maximum absolute atomic E-state index is 12.5. The molecule has 2 aromatic carbocycles. The van der Waals surface area contributed by atoms with Gasteiger partial charge in [-0.05, 0) is 50.7 Å². The molecule has 4 atom stereocenters. The van der Waals surface area contributed by atoms with Crippen molar-refractivity contribution < 1.29 is 28.5 Å². The molecule has 212 valence electrons. The second-order valence-electron chi connectivity index (χ2n) is 11.1. The Bertz CT molecular complexity index is 988. The van der Waals surface area contributed by atoms with Crippen LogP contribution in [-0.2, 0) is 39.7 Å². The van der Waals surface area contributed by atoms with E-state index in [2.05, 4.69) is 0 Å². The molecule has 2 saturated carbocycles. The minimum Gasteiger partial charge on any atom is -0.434 e. The normalized spacial score (nSPS) is 31.4. The number of benzene rings is 2. The summed E-state index contributed by atoms with van der Waals surface area (Å²) < 4.78 is 22.7. The summed E-state index contributed by atoms with van der Waals surface area (Å²) in [7, 11) is 0. The van der Waals surface area contributed by atoms with Gasteiger partial charge in [0.25, 0.3) is 0 Å². The van der Waals surface area contributed by atoms with E-state index in [9.17, 15) is 9.59 Å². The highest BCUT2D eigenvalue weighted by molar-refractivity contribution is 5.84. The van der Waals surface area contributed by atoms with E-state index in [1.54, 1.807) is 13.8 Å². The smallest absolute Gasteiger partial charge is 0.345 e. The van der Waals surface area contributed by atoms with Gasteiger partial charge >= 0.3 is 11.9 Å². The molecule has 4 fully saturated rings. The van der Waals surface area contributed by atoms with E-state index in [1.807, 2.05) is 60.7 Å². The summed E-state index contributed by atoms with van der Waals surface area (Å²) in [6.45, 7) is 3.59. The van der Waals surface area contributed by atoms with E-state index in [0.717, 1.165) is 36.8 Å². The standard InChI is InChI=1S/2C16H20O3.CH4/c2*1-12-18-15(17)16(19-12,13-8-4-2-5-9-13)14-10-6-3-7-11-14;/h2*2,4-5,8-9,12,14H,3,6-7,10-11H2,1H3;1H4/t2*12-,16-;/m10./s1. The van der Waals surface area contributed by atoms with Crippen LogP contribution in [0.3, 0.4) is 0 Å². The highest BCUT2D eigenvalue weighted by Crippen LogP contribution is 2.48. The zero-order valence-electron chi connectivity index (χ0n) is 22.6. The third-order valence-corrected chi connectivity index (χ3v) is 8.62. The number of esters is 2. The van der Waals surface area contributed by atoms with Gasteiger partial charge in [0.15, 0.2) is 11.2 Å². The lowest BCUT2D eigenvalue weighted by Gasteiger charge is -2.36. The van der Waals surface area contributed by atoms with Gasteiger partial charge in [-0.3, -0.25) is 0 Å². The number of cyclic esters (lactones) is 2. The van der Waals surface area contributed by atoms with E-state index >= 15 is 0 Å². The van der Waals surface area contributed by atoms with Gasteiger partial charge in [-0.2, -0.15) is 0 Å². The van der Waals surface area contributed by atoms with Crippen LogP contribution in [0.1, 0.15) is 96.6 Å². The quantitative estimate of drug-likeness (QED) is 0.379. The molecule has 0 spiro atoms. The molecule has 4 aliphatic rings. The van der Waals surface area contributed by atoms with Crippen LogP contribution in [-0.4, -0.2) is 24.5 Å². The van der Waals surface area contributed by atoms with Gasteiger partial charge in [0, 0.05) is 11.8 Å². The fraction of sp³-hybridized carbons (Fsp3) is 0.576. The molecular formula is C33H44O6. The minimum atomic E-state index is -0.874. The molecule has 6 rings (SSSR count). The number of carbonyl (C=O) groups excluding carboxylic acids is 2. The molecule has 0 bridgehead atoms. The maximum Gasteiger partial charge on any atom is 0.345 e. The Kier molecular flexibility index (Phi) is 9.50. The molecule has 2 heterocycles. The third kappa shape index (κ3) is 5.64. The average molecular weight is 537 g/mol. The molecule has 2 aliphatic heterocycles. The first kappa shape index (κ1) is 29.3. The summed E-state index contributed by atoms with van der Waals surface area (Å²) in [5.74, 6) is 0.0541. The van der Waals surface area contributed by atoms with E-state index in [1.165, 1.54) is 38.5 Å². The summed E-state index contributed by atoms with van der Waals surface area (Å²) in [6.07, 6.45) is 10.5. The zero-order valence-corrected chi connectivity index (χ0v) is 22.6. The van der Waals surface area contributed by atoms with Crippen molar-refractivity contribution in [1.82, 2.24) is 0 Å². The predicted molar refractivity (Wildman–Crippen MR) is 149 cm³/mol. The van der Waals surface area contributed by atoms with Crippen LogP contribution >= 0.6 is 0 Å². The third-order valence-electron chi connectivity index (χ3n) is 8.62. The lowest BCUT2D eigenvalue weighted by atomic mass is 9.73. The van der Waals surface area contributed by atoms with Crippen molar-refractivity contribution in [2.75, 3.05) is 0 Å². The highest BCUT2D eigenvalue weighted by Gasteiger charge is 2.56. The number of ether oxygens (including phenoxy) is 4. The number of hydrogen-bond acceptors (Lipinski definition) is 6. The Labute approximate surface area is 233 Å². The summed E-state index contributed by atoms with van der Waals surface area (Å²) in [5.41, 5.74) is 0.134. The highest BCUT2D eigenvalue weighted by atomic mass is 16.8. The first-order valence-electron chi connectivity index (χ1n) is 14.4. The molecule has 2 saturated heterocycles. The molecule has 0 amide bonds. The van der Waals surface area contributed by atoms with E-state index in [4.69, 9.17) is 18.9 Å². The predicted octanol–water partition coefficient (Wildman–Crippen LogP) is 7.40. The zero-order chi connectivity index (χ0) is 26.6. The number of carbonyl (C=O) groups is 2. The molecule has 2 aromatic rings. The summed E-state index contributed by atoms with van der Waals surface area (Å²) >= 11 is 0. The number of hydrogen-bond donors (Lipinski definition) is 0. The van der Waals surface area contributed by atoms with Crippen molar-refractivity contribution in [2.24, 2.45) is 11.8 Å². The molecule has 39 heavy (non-hydrogen) atoms. The van der Waals surface area contributed by atoms with Crippen LogP contribution in [0.25, 0.3) is 0 Å². The van der Waals surface area contributed by atoms with Gasteiger partial charge in [0.2, 0.25) is 12.6 Å². The summed E-state index contributed by atoms with van der Waals surface area (Å²) in [5, 5.41) is 0. The first-order chi connectivity index (χ1) is 18.5. The van der Waals surface area contributed by atoms with Gasteiger partial charge < -0.3 is 18.9 Å². The van der Waals surface area contributed by atoms with Crippen LogP contribution in [0.15, 0.2) is 60.7 Å². The van der Waals surface area contributed by atoms with Crippen LogP contribution < -0.4 is 0 Å². The molecular weight excluding hydrogens is 492 g/mol. The lowest BCUT2D eigenvalue weighted by Crippen LogP contribution is -2.42. The molecule has 0 radical (unpaired) electrons. The molecule has 6 heteroatoms. The fourth-order valence-corrected chi connectivity index (χ4v) is 6.90. The van der Waals surface area contributed by atoms with Crippen LogP contribution in [0, 0.1) is 11.8 Å². The molecule has 0 N–H and O–H groups in total. The van der Waals surface area contributed by atoms with Crippen LogP contribution in [0.4, 0.5) is 0 Å². The van der Waals surface area contributed by atoms with Gasteiger partial charge in [0.05, 0.1) is 0 Å². The molecule has 0 unspecified atom stereocenters. The maximum atomic E-state index is 12.5. The minimum absolute atomic E-state index is 0. The van der Waals surface area contributed by atoms with Crippen molar-refractivity contribution in [3.05, 3.63) is 71.8 Å². The summed E-state index contributed by atoms with van der Waals surface area (Å²) in [6, 6.07) is 19.7. The van der Waals surface area contributed by atoms with Crippen molar-refractivity contribution in [3.8, 4) is 0 Å². The van der Waals surface area contributed by atoms with E-state index in [0.29, 0.717) is 0 Å². The molecule has 6 nitrogen and oxygen atoms in total. The molecule has 0 aromatic heterocycles. The van der Waals surface area contributed by atoms with E-state index < -0.39 is 23.8 Å². The fourth-order valence-electron chi connectivity index (χ4n) is 6.90. The van der Waals surface area contributed by atoms with Gasteiger partial charge in [0.1, 0.15) is 0 Å². The van der Waals surface area contributed by atoms with Crippen molar-refractivity contribution in [3.63, 3.8) is 0 Å². The molecule has 2 aliphatic carbocycles. The number of rotatable bonds is 4.